The molecule has 0 bridgehead atoms. The molecule has 28 heavy (non-hydrogen) atoms. The van der Waals surface area contributed by atoms with Gasteiger partial charge in [-0.25, -0.2) is 9.18 Å². The predicted octanol–water partition coefficient (Wildman–Crippen LogP) is 0.947. The number of carbonyl (C=O) groups is 3. The number of amides is 1. The lowest BCUT2D eigenvalue weighted by Gasteiger charge is -2.37. The van der Waals surface area contributed by atoms with Crippen LogP contribution in [0.5, 0.6) is 0 Å². The van der Waals surface area contributed by atoms with Gasteiger partial charge < -0.3 is 30.4 Å². The molecule has 1 rings (SSSR count). The van der Waals surface area contributed by atoms with Crippen molar-refractivity contribution >= 4 is 24.1 Å². The Hall–Kier alpha value is -2.49. The molecule has 1 aliphatic heterocycles. The number of hydrogen-bond acceptors (Lipinski definition) is 7. The average Bonchev–Trinajstić information content (AvgIpc) is 2.65. The Morgan fingerprint density at radius 2 is 2.11 bits per heavy atom. The van der Waals surface area contributed by atoms with Crippen molar-refractivity contribution in [3.05, 3.63) is 11.8 Å². The quantitative estimate of drug-likeness (QED) is 0.229. The third-order valence-corrected chi connectivity index (χ3v) is 4.23. The number of esters is 1. The van der Waals surface area contributed by atoms with Crippen molar-refractivity contribution in [1.82, 2.24) is 5.32 Å². The molecule has 0 spiro atoms. The number of halogens is 1. The van der Waals surface area contributed by atoms with E-state index in [2.05, 4.69) is 5.32 Å². The number of carboxylic acid groups (broad SMARTS) is 1. The smallest absolute Gasteiger partial charge is 0.370 e. The molecule has 0 radical (unpaired) electrons. The summed E-state index contributed by atoms with van der Waals surface area (Å²) in [4.78, 5) is 34.3. The van der Waals surface area contributed by atoms with Gasteiger partial charge in [-0.2, -0.15) is 0 Å². The fourth-order valence-corrected chi connectivity index (χ4v) is 2.79. The molecular weight excluding hydrogens is 375 g/mol. The van der Waals surface area contributed by atoms with Gasteiger partial charge in [0.2, 0.25) is 11.7 Å². The Balaban J connectivity index is 2.84. The maximum atomic E-state index is 14.9. The number of carbonyl (C=O) groups excluding carboxylic acids is 2. The fourth-order valence-electron chi connectivity index (χ4n) is 2.79. The molecule has 5 atom stereocenters. The first-order chi connectivity index (χ1) is 13.2. The highest BCUT2D eigenvalue weighted by Gasteiger charge is 2.44. The van der Waals surface area contributed by atoms with Gasteiger partial charge in [0.1, 0.15) is 12.7 Å². The Morgan fingerprint density at radius 1 is 1.43 bits per heavy atom. The predicted molar refractivity (Wildman–Crippen MR) is 96.5 cm³/mol. The van der Waals surface area contributed by atoms with Crippen LogP contribution < -0.4 is 5.32 Å². The first-order valence-electron chi connectivity index (χ1n) is 9.08. The first kappa shape index (κ1) is 23.5. The van der Waals surface area contributed by atoms with E-state index in [0.29, 0.717) is 6.42 Å². The van der Waals surface area contributed by atoms with E-state index >= 15 is 0 Å². The SMILES string of the molecule is CCCCCC(=O)OCC(O)C(F)[C@@H]1OC(C(=O)O)=C[C@H](C=N)C1NC(C)=O. The van der Waals surface area contributed by atoms with Crippen LogP contribution in [0.4, 0.5) is 4.39 Å². The summed E-state index contributed by atoms with van der Waals surface area (Å²) in [6.07, 6.45) is -1.10. The molecule has 0 saturated heterocycles. The van der Waals surface area contributed by atoms with Crippen molar-refractivity contribution in [3.8, 4) is 0 Å². The van der Waals surface area contributed by atoms with E-state index in [9.17, 15) is 23.9 Å². The molecular formula is C18H27FN2O7. The van der Waals surface area contributed by atoms with Crippen LogP contribution in [0, 0.1) is 11.3 Å². The zero-order valence-corrected chi connectivity index (χ0v) is 15.9. The van der Waals surface area contributed by atoms with E-state index in [4.69, 9.17) is 20.0 Å². The minimum Gasteiger partial charge on any atom is -0.478 e. The van der Waals surface area contributed by atoms with E-state index in [1.54, 1.807) is 0 Å². The van der Waals surface area contributed by atoms with E-state index in [1.807, 2.05) is 6.92 Å². The van der Waals surface area contributed by atoms with Gasteiger partial charge in [0.25, 0.3) is 0 Å². The monoisotopic (exact) mass is 402 g/mol. The van der Waals surface area contributed by atoms with Crippen LogP contribution in [0.2, 0.25) is 0 Å². The van der Waals surface area contributed by atoms with Crippen LogP contribution in [0.1, 0.15) is 39.5 Å². The van der Waals surface area contributed by atoms with E-state index < -0.39 is 60.6 Å². The van der Waals surface area contributed by atoms with Crippen LogP contribution in [0.15, 0.2) is 11.8 Å². The van der Waals surface area contributed by atoms with Crippen LogP contribution in [0.25, 0.3) is 0 Å². The Morgan fingerprint density at radius 3 is 2.64 bits per heavy atom. The molecule has 0 aromatic carbocycles. The molecule has 0 aromatic rings. The second-order valence-electron chi connectivity index (χ2n) is 6.54. The van der Waals surface area contributed by atoms with Gasteiger partial charge in [-0.1, -0.05) is 19.8 Å². The van der Waals surface area contributed by atoms with Crippen LogP contribution in [0.3, 0.4) is 0 Å². The molecule has 9 nitrogen and oxygen atoms in total. The second kappa shape index (κ2) is 11.4. The highest BCUT2D eigenvalue weighted by Crippen LogP contribution is 2.27. The minimum atomic E-state index is -2.18. The standard InChI is InChI=1S/C18H27FN2O7/c1-3-4-5-6-14(24)27-9-12(23)15(19)17-16(21-10(2)22)11(8-20)7-13(28-17)18(25)26/h7-8,11-12,15-17,20,23H,3-6,9H2,1-2H3,(H,21,22)(H,25,26)/t11-,12?,15?,16?,17+/m1/s1. The summed E-state index contributed by atoms with van der Waals surface area (Å²) >= 11 is 0. The van der Waals surface area contributed by atoms with Crippen LogP contribution >= 0.6 is 0 Å². The Kier molecular flexibility index (Phi) is 9.57. The number of rotatable bonds is 11. The molecule has 0 aliphatic carbocycles. The largest absolute Gasteiger partial charge is 0.478 e. The zero-order chi connectivity index (χ0) is 21.3. The van der Waals surface area contributed by atoms with E-state index in [1.165, 1.54) is 6.92 Å². The summed E-state index contributed by atoms with van der Waals surface area (Å²) in [5, 5.41) is 29.0. The molecule has 10 heteroatoms. The Labute approximate surface area is 162 Å². The van der Waals surface area contributed by atoms with Crippen molar-refractivity contribution in [2.45, 2.75) is 64.0 Å². The van der Waals surface area contributed by atoms with Crippen molar-refractivity contribution in [2.75, 3.05) is 6.61 Å². The fraction of sp³-hybridized carbons (Fsp3) is 0.667. The third kappa shape index (κ3) is 6.91. The molecule has 4 N–H and O–H groups in total. The first-order valence-corrected chi connectivity index (χ1v) is 9.08. The normalized spacial score (nSPS) is 23.6. The third-order valence-electron chi connectivity index (χ3n) is 4.23. The lowest BCUT2D eigenvalue weighted by Crippen LogP contribution is -2.57. The minimum absolute atomic E-state index is 0.147. The second-order valence-corrected chi connectivity index (χ2v) is 6.54. The summed E-state index contributed by atoms with van der Waals surface area (Å²) in [5.41, 5.74) is 0. The van der Waals surface area contributed by atoms with Gasteiger partial charge in [0.15, 0.2) is 12.3 Å². The summed E-state index contributed by atoms with van der Waals surface area (Å²) < 4.78 is 24.9. The molecule has 158 valence electrons. The van der Waals surface area contributed by atoms with Gasteiger partial charge in [-0.05, 0) is 12.5 Å². The summed E-state index contributed by atoms with van der Waals surface area (Å²) in [5.74, 6) is -4.13. The molecule has 0 fully saturated rings. The number of aliphatic carboxylic acids is 1. The molecule has 1 aliphatic rings. The highest BCUT2D eigenvalue weighted by atomic mass is 19.1. The number of nitrogens with one attached hydrogen (secondary N) is 2. The van der Waals surface area contributed by atoms with E-state index in [0.717, 1.165) is 25.1 Å². The topological polar surface area (TPSA) is 146 Å². The maximum absolute atomic E-state index is 14.9. The van der Waals surface area contributed by atoms with Crippen molar-refractivity contribution in [3.63, 3.8) is 0 Å². The van der Waals surface area contributed by atoms with Gasteiger partial charge in [-0.3, -0.25) is 9.59 Å². The lowest BCUT2D eigenvalue weighted by molar-refractivity contribution is -0.151. The van der Waals surface area contributed by atoms with Crippen LogP contribution in [-0.2, 0) is 23.9 Å². The molecule has 0 saturated carbocycles. The number of ether oxygens (including phenoxy) is 2. The molecule has 3 unspecified atom stereocenters. The number of aliphatic hydroxyl groups excluding tert-OH is 1. The summed E-state index contributed by atoms with van der Waals surface area (Å²) in [6, 6.07) is -1.11. The maximum Gasteiger partial charge on any atom is 0.370 e. The van der Waals surface area contributed by atoms with Crippen molar-refractivity contribution in [2.24, 2.45) is 5.92 Å². The molecule has 0 aromatic heterocycles. The Bertz CT molecular complexity index is 611. The lowest BCUT2D eigenvalue weighted by atomic mass is 9.88. The zero-order valence-electron chi connectivity index (χ0n) is 15.9. The van der Waals surface area contributed by atoms with E-state index in [-0.39, 0.29) is 6.42 Å². The number of aliphatic hydroxyl groups is 1. The number of carboxylic acids is 1. The molecule has 1 heterocycles. The highest BCUT2D eigenvalue weighted by molar-refractivity contribution is 5.86. The number of unbranched alkanes of at least 4 members (excludes halogenated alkanes) is 2. The van der Waals surface area contributed by atoms with Crippen molar-refractivity contribution in [1.29, 1.82) is 5.41 Å². The number of alkyl halides is 1. The molecule has 1 amide bonds. The van der Waals surface area contributed by atoms with Gasteiger partial charge in [0.05, 0.1) is 6.04 Å². The van der Waals surface area contributed by atoms with Gasteiger partial charge in [-0.15, -0.1) is 0 Å². The average molecular weight is 402 g/mol. The van der Waals surface area contributed by atoms with Gasteiger partial charge >= 0.3 is 11.9 Å². The summed E-state index contributed by atoms with van der Waals surface area (Å²) in [6.45, 7) is 2.51. The van der Waals surface area contributed by atoms with Crippen molar-refractivity contribution < 1.29 is 38.5 Å². The van der Waals surface area contributed by atoms with Gasteiger partial charge in [0, 0.05) is 25.5 Å². The number of hydrogen-bond donors (Lipinski definition) is 4. The summed E-state index contributed by atoms with van der Waals surface area (Å²) in [7, 11) is 0. The van der Waals surface area contributed by atoms with Crippen LogP contribution in [-0.4, -0.2) is 65.3 Å².